The summed E-state index contributed by atoms with van der Waals surface area (Å²) in [4.78, 5) is 11.7. The molecule has 0 unspecified atom stereocenters. The molecule has 1 amide bonds. The summed E-state index contributed by atoms with van der Waals surface area (Å²) in [6.45, 7) is 0. The van der Waals surface area contributed by atoms with E-state index in [0.717, 1.165) is 3.57 Å². The zero-order valence-electron chi connectivity index (χ0n) is 8.22. The summed E-state index contributed by atoms with van der Waals surface area (Å²) in [5, 5.41) is 10.1. The third kappa shape index (κ3) is 2.75. The van der Waals surface area contributed by atoms with E-state index in [9.17, 15) is 4.79 Å². The van der Waals surface area contributed by atoms with Gasteiger partial charge >= 0.3 is 0 Å². The van der Waals surface area contributed by atoms with Crippen molar-refractivity contribution in [2.24, 2.45) is 0 Å². The number of amides is 1. The Labute approximate surface area is 106 Å². The molecule has 80 valence electrons. The molecule has 1 heterocycles. The molecule has 0 radical (unpaired) electrons. The molecule has 1 aromatic heterocycles. The Morgan fingerprint density at radius 2 is 1.94 bits per heavy atom. The normalized spacial score (nSPS) is 9.81. The molecule has 16 heavy (non-hydrogen) atoms. The van der Waals surface area contributed by atoms with E-state index in [1.165, 1.54) is 0 Å². The van der Waals surface area contributed by atoms with Crippen molar-refractivity contribution < 1.29 is 4.79 Å². The van der Waals surface area contributed by atoms with E-state index in [1.807, 2.05) is 12.1 Å². The number of carbonyl (C=O) groups excluding carboxylic acids is 1. The van der Waals surface area contributed by atoms with Crippen LogP contribution in [0, 0.1) is 3.57 Å². The number of hydrogen-bond donors (Lipinski definition) is 1. The molecular weight excluding hydrogens is 317 g/mol. The first kappa shape index (κ1) is 11.0. The molecule has 2 aromatic rings. The van der Waals surface area contributed by atoms with Gasteiger partial charge in [0.1, 0.15) is 0 Å². The van der Waals surface area contributed by atoms with Gasteiger partial charge in [-0.3, -0.25) is 4.79 Å². The predicted octanol–water partition coefficient (Wildman–Crippen LogP) is 2.33. The number of nitrogens with zero attached hydrogens (tertiary/aromatic N) is 2. The molecule has 0 atom stereocenters. The minimum atomic E-state index is -0.183. The topological polar surface area (TPSA) is 54.9 Å². The highest BCUT2D eigenvalue weighted by Gasteiger charge is 2.05. The smallest absolute Gasteiger partial charge is 0.256 e. The fourth-order valence-electron chi connectivity index (χ4n) is 1.16. The Morgan fingerprint density at radius 1 is 1.19 bits per heavy atom. The van der Waals surface area contributed by atoms with Crippen molar-refractivity contribution in [3.8, 4) is 0 Å². The highest BCUT2D eigenvalue weighted by Crippen LogP contribution is 2.08. The van der Waals surface area contributed by atoms with Crippen molar-refractivity contribution in [1.82, 2.24) is 10.2 Å². The Kier molecular flexibility index (Phi) is 3.45. The number of rotatable bonds is 2. The minimum Gasteiger partial charge on any atom is -0.305 e. The van der Waals surface area contributed by atoms with Crippen molar-refractivity contribution in [3.63, 3.8) is 0 Å². The quantitative estimate of drug-likeness (QED) is 0.863. The largest absolute Gasteiger partial charge is 0.305 e. The molecular formula is C11H8IN3O. The van der Waals surface area contributed by atoms with Crippen molar-refractivity contribution >= 4 is 34.3 Å². The van der Waals surface area contributed by atoms with Crippen LogP contribution in [0.5, 0.6) is 0 Å². The van der Waals surface area contributed by atoms with Crippen LogP contribution in [0.4, 0.5) is 5.82 Å². The number of anilines is 1. The van der Waals surface area contributed by atoms with Crippen LogP contribution in [-0.2, 0) is 0 Å². The minimum absolute atomic E-state index is 0.183. The fraction of sp³-hybridized carbons (Fsp3) is 0. The highest BCUT2D eigenvalue weighted by molar-refractivity contribution is 14.1. The number of aromatic nitrogens is 2. The summed E-state index contributed by atoms with van der Waals surface area (Å²) in [6.07, 6.45) is 1.56. The van der Waals surface area contributed by atoms with Gasteiger partial charge < -0.3 is 5.32 Å². The van der Waals surface area contributed by atoms with E-state index < -0.39 is 0 Å². The van der Waals surface area contributed by atoms with Crippen LogP contribution in [0.15, 0.2) is 42.6 Å². The van der Waals surface area contributed by atoms with Gasteiger partial charge in [0.05, 0.1) is 0 Å². The molecule has 5 heteroatoms. The second-order valence-corrected chi connectivity index (χ2v) is 4.32. The molecule has 0 bridgehead atoms. The van der Waals surface area contributed by atoms with Crippen LogP contribution in [0.3, 0.4) is 0 Å². The summed E-state index contributed by atoms with van der Waals surface area (Å²) in [6, 6.07) is 10.7. The van der Waals surface area contributed by atoms with Crippen molar-refractivity contribution in [3.05, 3.63) is 51.7 Å². The van der Waals surface area contributed by atoms with Gasteiger partial charge in [-0.25, -0.2) is 0 Å². The van der Waals surface area contributed by atoms with Gasteiger partial charge in [0, 0.05) is 15.3 Å². The van der Waals surface area contributed by atoms with Crippen molar-refractivity contribution in [2.45, 2.75) is 0 Å². The second-order valence-electron chi connectivity index (χ2n) is 3.07. The molecule has 0 aliphatic carbocycles. The summed E-state index contributed by atoms with van der Waals surface area (Å²) in [5.74, 6) is 0.267. The fourth-order valence-corrected chi connectivity index (χ4v) is 1.52. The lowest BCUT2D eigenvalue weighted by molar-refractivity contribution is 0.102. The Morgan fingerprint density at radius 3 is 2.56 bits per heavy atom. The average Bonchev–Trinajstić information content (AvgIpc) is 2.31. The van der Waals surface area contributed by atoms with Gasteiger partial charge in [0.25, 0.3) is 5.91 Å². The van der Waals surface area contributed by atoms with Gasteiger partial charge in [-0.15, -0.1) is 5.10 Å². The maximum Gasteiger partial charge on any atom is 0.256 e. The second kappa shape index (κ2) is 5.02. The van der Waals surface area contributed by atoms with E-state index >= 15 is 0 Å². The predicted molar refractivity (Wildman–Crippen MR) is 69.1 cm³/mol. The summed E-state index contributed by atoms with van der Waals surface area (Å²) >= 11 is 2.19. The zero-order valence-corrected chi connectivity index (χ0v) is 10.4. The van der Waals surface area contributed by atoms with E-state index in [-0.39, 0.29) is 5.91 Å². The van der Waals surface area contributed by atoms with Crippen LogP contribution < -0.4 is 5.32 Å². The first-order valence-electron chi connectivity index (χ1n) is 4.60. The van der Waals surface area contributed by atoms with Gasteiger partial charge in [-0.05, 0) is 59.0 Å². The maximum absolute atomic E-state index is 11.7. The molecule has 0 saturated heterocycles. The molecule has 0 aliphatic heterocycles. The van der Waals surface area contributed by atoms with Gasteiger partial charge in [0.15, 0.2) is 5.82 Å². The summed E-state index contributed by atoms with van der Waals surface area (Å²) in [7, 11) is 0. The van der Waals surface area contributed by atoms with E-state index in [4.69, 9.17) is 0 Å². The first-order valence-corrected chi connectivity index (χ1v) is 5.68. The third-order valence-corrected chi connectivity index (χ3v) is 2.64. The first-order chi connectivity index (χ1) is 7.75. The van der Waals surface area contributed by atoms with Crippen molar-refractivity contribution in [1.29, 1.82) is 0 Å². The Hall–Kier alpha value is -1.50. The lowest BCUT2D eigenvalue weighted by Gasteiger charge is -2.02. The Bertz CT molecular complexity index is 484. The number of benzene rings is 1. The SMILES string of the molecule is O=C(Nc1cccnn1)c1ccc(I)cc1. The monoisotopic (exact) mass is 325 g/mol. The molecule has 1 aromatic carbocycles. The number of halogens is 1. The molecule has 0 fully saturated rings. The van der Waals surface area contributed by atoms with Crippen molar-refractivity contribution in [2.75, 3.05) is 5.32 Å². The highest BCUT2D eigenvalue weighted by atomic mass is 127. The van der Waals surface area contributed by atoms with E-state index in [0.29, 0.717) is 11.4 Å². The number of carbonyl (C=O) groups is 1. The molecule has 2 rings (SSSR count). The van der Waals surface area contributed by atoms with E-state index in [1.54, 1.807) is 30.5 Å². The molecule has 4 nitrogen and oxygen atoms in total. The maximum atomic E-state index is 11.7. The molecule has 1 N–H and O–H groups in total. The number of hydrogen-bond acceptors (Lipinski definition) is 3. The summed E-state index contributed by atoms with van der Waals surface area (Å²) in [5.41, 5.74) is 0.603. The lowest BCUT2D eigenvalue weighted by atomic mass is 10.2. The zero-order chi connectivity index (χ0) is 11.4. The molecule has 0 aliphatic rings. The van der Waals surface area contributed by atoms with Crippen LogP contribution in [0.1, 0.15) is 10.4 Å². The van der Waals surface area contributed by atoms with Crippen LogP contribution in [0.25, 0.3) is 0 Å². The van der Waals surface area contributed by atoms with Crippen LogP contribution >= 0.6 is 22.6 Å². The van der Waals surface area contributed by atoms with Crippen LogP contribution in [0.2, 0.25) is 0 Å². The van der Waals surface area contributed by atoms with E-state index in [2.05, 4.69) is 38.1 Å². The van der Waals surface area contributed by atoms with Gasteiger partial charge in [-0.1, -0.05) is 0 Å². The summed E-state index contributed by atoms with van der Waals surface area (Å²) < 4.78 is 1.09. The molecule has 0 saturated carbocycles. The van der Waals surface area contributed by atoms with Gasteiger partial charge in [-0.2, -0.15) is 5.10 Å². The lowest BCUT2D eigenvalue weighted by Crippen LogP contribution is -2.13. The van der Waals surface area contributed by atoms with Gasteiger partial charge in [0.2, 0.25) is 0 Å². The standard InChI is InChI=1S/C11H8IN3O/c12-9-5-3-8(4-6-9)11(16)14-10-2-1-7-13-15-10/h1-7H,(H,14,15,16). The third-order valence-electron chi connectivity index (χ3n) is 1.92. The average molecular weight is 325 g/mol. The Balaban J connectivity index is 2.12. The molecule has 0 spiro atoms. The number of nitrogens with one attached hydrogen (secondary N) is 1. The van der Waals surface area contributed by atoms with Crippen LogP contribution in [-0.4, -0.2) is 16.1 Å².